The van der Waals surface area contributed by atoms with Crippen molar-refractivity contribution >= 4 is 21.6 Å². The minimum atomic E-state index is -3.65. The molecule has 1 aliphatic rings. The zero-order valence-corrected chi connectivity index (χ0v) is 16.3. The molecule has 1 heterocycles. The first-order valence-corrected chi connectivity index (χ1v) is 10.4. The van der Waals surface area contributed by atoms with Crippen molar-refractivity contribution in [2.75, 3.05) is 32.8 Å². The summed E-state index contributed by atoms with van der Waals surface area (Å²) in [6, 6.07) is 13.8. The average Bonchev–Trinajstić information content (AvgIpc) is 2.63. The van der Waals surface area contributed by atoms with Crippen LogP contribution < -0.4 is 4.72 Å². The molecule has 7 heteroatoms. The van der Waals surface area contributed by atoms with Gasteiger partial charge in [-0.3, -0.25) is 4.90 Å². The van der Waals surface area contributed by atoms with Gasteiger partial charge in [-0.25, -0.2) is 13.1 Å². The van der Waals surface area contributed by atoms with Gasteiger partial charge in [0.2, 0.25) is 10.0 Å². The first-order chi connectivity index (χ1) is 12.4. The van der Waals surface area contributed by atoms with Crippen molar-refractivity contribution in [1.82, 2.24) is 9.62 Å². The highest BCUT2D eigenvalue weighted by Crippen LogP contribution is 2.21. The number of halogens is 1. The molecule has 0 amide bonds. The van der Waals surface area contributed by atoms with Gasteiger partial charge >= 0.3 is 0 Å². The summed E-state index contributed by atoms with van der Waals surface area (Å²) in [4.78, 5) is 2.43. The van der Waals surface area contributed by atoms with E-state index in [0.29, 0.717) is 24.8 Å². The van der Waals surface area contributed by atoms with Crippen molar-refractivity contribution in [1.29, 1.82) is 0 Å². The van der Waals surface area contributed by atoms with Crippen LogP contribution in [0.2, 0.25) is 5.02 Å². The Bertz CT molecular complexity index is 817. The summed E-state index contributed by atoms with van der Waals surface area (Å²) in [5, 5.41) is 0.507. The largest absolute Gasteiger partial charge is 0.379 e. The van der Waals surface area contributed by atoms with E-state index >= 15 is 0 Å². The van der Waals surface area contributed by atoms with E-state index in [2.05, 4.69) is 9.62 Å². The lowest BCUT2D eigenvalue weighted by Crippen LogP contribution is -2.43. The number of nitrogens with one attached hydrogen (secondary N) is 1. The number of ether oxygens (including phenoxy) is 1. The summed E-state index contributed by atoms with van der Waals surface area (Å²) in [6.07, 6.45) is 0. The van der Waals surface area contributed by atoms with Gasteiger partial charge in [0.1, 0.15) is 0 Å². The molecule has 2 aromatic rings. The van der Waals surface area contributed by atoms with Gasteiger partial charge in [-0.05, 0) is 36.8 Å². The summed E-state index contributed by atoms with van der Waals surface area (Å²) in [7, 11) is -3.65. The standard InChI is InChI=1S/C19H23ClN2O3S/c1-15-2-4-16(5-3-15)19(14-22-10-12-25-13-11-22)21-26(23,24)18-8-6-17(20)7-9-18/h2-9,19,21H,10-14H2,1H3/t19-/m0/s1. The van der Waals surface area contributed by atoms with Gasteiger partial charge in [0.25, 0.3) is 0 Å². The van der Waals surface area contributed by atoms with E-state index in [1.807, 2.05) is 31.2 Å². The van der Waals surface area contributed by atoms with E-state index in [1.165, 1.54) is 12.1 Å². The molecule has 1 fully saturated rings. The molecule has 1 atom stereocenters. The van der Waals surface area contributed by atoms with Crippen LogP contribution in [0.3, 0.4) is 0 Å². The van der Waals surface area contributed by atoms with Crippen LogP contribution in [-0.2, 0) is 14.8 Å². The number of sulfonamides is 1. The number of nitrogens with zero attached hydrogens (tertiary/aromatic N) is 1. The fourth-order valence-electron chi connectivity index (χ4n) is 2.92. The predicted octanol–water partition coefficient (Wildman–Crippen LogP) is 3.00. The molecule has 0 aromatic heterocycles. The Morgan fingerprint density at radius 2 is 1.69 bits per heavy atom. The molecule has 1 N–H and O–H groups in total. The second kappa shape index (κ2) is 8.50. The first-order valence-electron chi connectivity index (χ1n) is 8.58. The van der Waals surface area contributed by atoms with Crippen LogP contribution >= 0.6 is 11.6 Å². The number of hydrogen-bond donors (Lipinski definition) is 1. The smallest absolute Gasteiger partial charge is 0.241 e. The maximum absolute atomic E-state index is 12.8. The molecule has 26 heavy (non-hydrogen) atoms. The number of rotatable bonds is 6. The number of benzene rings is 2. The Balaban J connectivity index is 1.84. The van der Waals surface area contributed by atoms with E-state index in [-0.39, 0.29) is 10.9 Å². The van der Waals surface area contributed by atoms with Gasteiger partial charge in [-0.15, -0.1) is 0 Å². The molecule has 140 valence electrons. The third kappa shape index (κ3) is 5.05. The van der Waals surface area contributed by atoms with E-state index in [0.717, 1.165) is 24.2 Å². The van der Waals surface area contributed by atoms with Crippen molar-refractivity contribution < 1.29 is 13.2 Å². The van der Waals surface area contributed by atoms with E-state index < -0.39 is 10.0 Å². The molecule has 2 aromatic carbocycles. The van der Waals surface area contributed by atoms with Gasteiger partial charge in [0, 0.05) is 24.7 Å². The molecule has 0 radical (unpaired) electrons. The molecule has 0 saturated carbocycles. The highest BCUT2D eigenvalue weighted by molar-refractivity contribution is 7.89. The maximum atomic E-state index is 12.8. The summed E-state index contributed by atoms with van der Waals surface area (Å²) in [5.74, 6) is 0. The lowest BCUT2D eigenvalue weighted by atomic mass is 10.1. The fourth-order valence-corrected chi connectivity index (χ4v) is 4.26. The maximum Gasteiger partial charge on any atom is 0.241 e. The van der Waals surface area contributed by atoms with Crippen LogP contribution in [0.15, 0.2) is 53.4 Å². The van der Waals surface area contributed by atoms with Crippen molar-refractivity contribution in [3.8, 4) is 0 Å². The van der Waals surface area contributed by atoms with Crippen molar-refractivity contribution in [2.24, 2.45) is 0 Å². The average molecular weight is 395 g/mol. The van der Waals surface area contributed by atoms with Crippen molar-refractivity contribution in [3.63, 3.8) is 0 Å². The van der Waals surface area contributed by atoms with Gasteiger partial charge in [-0.2, -0.15) is 0 Å². The zero-order valence-electron chi connectivity index (χ0n) is 14.7. The highest BCUT2D eigenvalue weighted by atomic mass is 35.5. The summed E-state index contributed by atoms with van der Waals surface area (Å²) in [6.45, 7) is 5.54. The molecular formula is C19H23ClN2O3S. The normalized spacial score (nSPS) is 17.2. The number of hydrogen-bond acceptors (Lipinski definition) is 4. The molecule has 5 nitrogen and oxygen atoms in total. The van der Waals surface area contributed by atoms with Gasteiger partial charge in [0.15, 0.2) is 0 Å². The molecule has 0 bridgehead atoms. The summed E-state index contributed by atoms with van der Waals surface area (Å²) >= 11 is 5.87. The Labute approximate surface area is 160 Å². The van der Waals surface area contributed by atoms with Crippen LogP contribution in [0.5, 0.6) is 0 Å². The van der Waals surface area contributed by atoms with E-state index in [4.69, 9.17) is 16.3 Å². The number of morpholine rings is 1. The topological polar surface area (TPSA) is 58.6 Å². The first kappa shape index (κ1) is 19.3. The molecule has 0 unspecified atom stereocenters. The number of aryl methyl sites for hydroxylation is 1. The van der Waals surface area contributed by atoms with Crippen LogP contribution in [0.25, 0.3) is 0 Å². The zero-order chi connectivity index (χ0) is 18.6. The lowest BCUT2D eigenvalue weighted by molar-refractivity contribution is 0.0345. The van der Waals surface area contributed by atoms with Gasteiger partial charge < -0.3 is 4.74 Å². The van der Waals surface area contributed by atoms with Gasteiger partial charge in [0.05, 0.1) is 24.2 Å². The summed E-state index contributed by atoms with van der Waals surface area (Å²) in [5.41, 5.74) is 2.08. The molecule has 1 aliphatic heterocycles. The molecule has 0 aliphatic carbocycles. The second-order valence-corrected chi connectivity index (χ2v) is 8.60. The van der Waals surface area contributed by atoms with E-state index in [9.17, 15) is 8.42 Å². The van der Waals surface area contributed by atoms with Crippen LogP contribution in [0, 0.1) is 6.92 Å². The Kier molecular flexibility index (Phi) is 6.32. The fraction of sp³-hybridized carbons (Fsp3) is 0.368. The lowest BCUT2D eigenvalue weighted by Gasteiger charge is -2.31. The third-order valence-electron chi connectivity index (χ3n) is 4.45. The molecule has 3 rings (SSSR count). The highest BCUT2D eigenvalue weighted by Gasteiger charge is 2.24. The Morgan fingerprint density at radius 3 is 2.31 bits per heavy atom. The van der Waals surface area contributed by atoms with Crippen molar-refractivity contribution in [3.05, 3.63) is 64.7 Å². The minimum absolute atomic E-state index is 0.209. The third-order valence-corrected chi connectivity index (χ3v) is 6.19. The van der Waals surface area contributed by atoms with Crippen molar-refractivity contribution in [2.45, 2.75) is 17.9 Å². The molecular weight excluding hydrogens is 372 g/mol. The van der Waals surface area contributed by atoms with E-state index in [1.54, 1.807) is 12.1 Å². The SMILES string of the molecule is Cc1ccc([C@H](CN2CCOCC2)NS(=O)(=O)c2ccc(Cl)cc2)cc1. The Morgan fingerprint density at radius 1 is 1.08 bits per heavy atom. The Hall–Kier alpha value is -1.44. The summed E-state index contributed by atoms with van der Waals surface area (Å²) < 4.78 is 33.9. The quantitative estimate of drug-likeness (QED) is 0.818. The monoisotopic (exact) mass is 394 g/mol. The van der Waals surface area contributed by atoms with Gasteiger partial charge in [-0.1, -0.05) is 41.4 Å². The second-order valence-electron chi connectivity index (χ2n) is 6.45. The predicted molar refractivity (Wildman–Crippen MR) is 103 cm³/mol. The minimum Gasteiger partial charge on any atom is -0.379 e. The molecule has 1 saturated heterocycles. The van der Waals surface area contributed by atoms with Crippen LogP contribution in [0.1, 0.15) is 17.2 Å². The molecule has 0 spiro atoms. The van der Waals surface area contributed by atoms with Crippen LogP contribution in [0.4, 0.5) is 0 Å². The van der Waals surface area contributed by atoms with Crippen LogP contribution in [-0.4, -0.2) is 46.2 Å².